The smallest absolute Gasteiger partial charge is 0.238 e. The molecule has 1 unspecified atom stereocenters. The van der Waals surface area contributed by atoms with E-state index in [1.54, 1.807) is 7.11 Å². The Bertz CT molecular complexity index is 224. The summed E-state index contributed by atoms with van der Waals surface area (Å²) in [5.41, 5.74) is 4.81. The number of hydrogen-bond acceptors (Lipinski definition) is 4. The van der Waals surface area contributed by atoms with Gasteiger partial charge in [0.1, 0.15) is 5.54 Å². The zero-order valence-corrected chi connectivity index (χ0v) is 11.6. The predicted molar refractivity (Wildman–Crippen MR) is 69.9 cm³/mol. The number of nitrogens with zero attached hydrogens (tertiary/aromatic N) is 1. The number of methoxy groups -OCH3 is 1. The van der Waals surface area contributed by atoms with E-state index in [1.807, 2.05) is 14.0 Å². The minimum absolute atomic E-state index is 0.301. The molecule has 0 spiro atoms. The topological polar surface area (TPSA) is 67.6 Å². The Balaban J connectivity index is 4.18. The van der Waals surface area contributed by atoms with Gasteiger partial charge in [-0.2, -0.15) is 0 Å². The first-order valence-corrected chi connectivity index (χ1v) is 6.18. The molecule has 0 aromatic carbocycles. The summed E-state index contributed by atoms with van der Waals surface area (Å²) in [7, 11) is 3.68. The lowest BCUT2D eigenvalue weighted by Crippen LogP contribution is -2.59. The summed E-state index contributed by atoms with van der Waals surface area (Å²) in [6, 6.07) is 0. The average molecular weight is 245 g/mol. The van der Waals surface area contributed by atoms with E-state index in [-0.39, 0.29) is 5.91 Å². The van der Waals surface area contributed by atoms with Crippen molar-refractivity contribution in [2.24, 2.45) is 5.73 Å². The molecule has 102 valence electrons. The zero-order chi connectivity index (χ0) is 13.3. The minimum atomic E-state index is -0.655. The summed E-state index contributed by atoms with van der Waals surface area (Å²) >= 11 is 0. The molecule has 1 atom stereocenters. The van der Waals surface area contributed by atoms with Crippen LogP contribution in [0.5, 0.6) is 0 Å². The maximum Gasteiger partial charge on any atom is 0.238 e. The van der Waals surface area contributed by atoms with Gasteiger partial charge in [0.2, 0.25) is 5.91 Å². The molecule has 0 aromatic heterocycles. The predicted octanol–water partition coefficient (Wildman–Crippen LogP) is 0.198. The highest BCUT2D eigenvalue weighted by Gasteiger charge is 2.31. The Hall–Kier alpha value is -0.650. The molecule has 0 rings (SSSR count). The maximum absolute atomic E-state index is 11.5. The fraction of sp³-hybridized carbons (Fsp3) is 0.917. The second kappa shape index (κ2) is 8.44. The molecule has 0 saturated heterocycles. The second-order valence-corrected chi connectivity index (χ2v) is 4.71. The van der Waals surface area contributed by atoms with E-state index in [9.17, 15) is 4.79 Å². The first-order valence-electron chi connectivity index (χ1n) is 6.18. The van der Waals surface area contributed by atoms with E-state index in [4.69, 9.17) is 10.5 Å². The van der Waals surface area contributed by atoms with Gasteiger partial charge in [0.25, 0.3) is 0 Å². The van der Waals surface area contributed by atoms with Crippen LogP contribution in [-0.2, 0) is 9.53 Å². The number of nitrogens with two attached hydrogens (primary N) is 1. The molecular weight excluding hydrogens is 218 g/mol. The van der Waals surface area contributed by atoms with Gasteiger partial charge in [-0.15, -0.1) is 0 Å². The van der Waals surface area contributed by atoms with Crippen LogP contribution in [0, 0.1) is 0 Å². The molecule has 0 saturated carbocycles. The van der Waals surface area contributed by atoms with E-state index < -0.39 is 5.54 Å². The fourth-order valence-corrected chi connectivity index (χ4v) is 1.72. The highest BCUT2D eigenvalue weighted by atomic mass is 16.5. The molecule has 1 amide bonds. The van der Waals surface area contributed by atoms with Gasteiger partial charge in [0.15, 0.2) is 0 Å². The molecule has 3 N–H and O–H groups in total. The van der Waals surface area contributed by atoms with Gasteiger partial charge in [0, 0.05) is 26.8 Å². The molecule has 0 radical (unpaired) electrons. The molecule has 0 bridgehead atoms. The zero-order valence-electron chi connectivity index (χ0n) is 11.6. The van der Waals surface area contributed by atoms with E-state index in [0.717, 1.165) is 32.5 Å². The summed E-state index contributed by atoms with van der Waals surface area (Å²) in [5, 5.41) is 3.22. The van der Waals surface area contributed by atoms with Crippen LogP contribution < -0.4 is 11.1 Å². The van der Waals surface area contributed by atoms with Crippen molar-refractivity contribution in [3.05, 3.63) is 0 Å². The molecule has 0 aromatic rings. The number of primary amides is 1. The molecule has 0 fully saturated rings. The summed E-state index contributed by atoms with van der Waals surface area (Å²) < 4.78 is 5.00. The molecular formula is C12H27N3O2. The van der Waals surface area contributed by atoms with E-state index >= 15 is 0 Å². The molecule has 5 heteroatoms. The fourth-order valence-electron chi connectivity index (χ4n) is 1.72. The lowest BCUT2D eigenvalue weighted by atomic mass is 10.0. The van der Waals surface area contributed by atoms with Crippen LogP contribution in [0.1, 0.15) is 26.7 Å². The SMILES string of the molecule is CCCNC(C)(CN(C)CCCOC)C(N)=O. The van der Waals surface area contributed by atoms with Gasteiger partial charge in [-0.3, -0.25) is 4.79 Å². The number of rotatable bonds is 10. The van der Waals surface area contributed by atoms with Crippen molar-refractivity contribution in [3.63, 3.8) is 0 Å². The van der Waals surface area contributed by atoms with E-state index in [0.29, 0.717) is 6.54 Å². The number of likely N-dealkylation sites (N-methyl/N-ethyl adjacent to an activating group) is 1. The van der Waals surface area contributed by atoms with Gasteiger partial charge in [-0.1, -0.05) is 6.92 Å². The number of carbonyl (C=O) groups is 1. The van der Waals surface area contributed by atoms with Gasteiger partial charge in [-0.05, 0) is 33.4 Å². The van der Waals surface area contributed by atoms with Crippen LogP contribution in [-0.4, -0.2) is 56.7 Å². The summed E-state index contributed by atoms with van der Waals surface area (Å²) in [4.78, 5) is 13.6. The minimum Gasteiger partial charge on any atom is -0.385 e. The van der Waals surface area contributed by atoms with Gasteiger partial charge in [0.05, 0.1) is 0 Å². The van der Waals surface area contributed by atoms with Crippen LogP contribution in [0.2, 0.25) is 0 Å². The van der Waals surface area contributed by atoms with Crippen molar-refractivity contribution >= 4 is 5.91 Å². The van der Waals surface area contributed by atoms with Crippen molar-refractivity contribution < 1.29 is 9.53 Å². The number of carbonyl (C=O) groups excluding carboxylic acids is 1. The summed E-state index contributed by atoms with van der Waals surface area (Å²) in [6.45, 7) is 6.97. The van der Waals surface area contributed by atoms with Crippen LogP contribution in [0.4, 0.5) is 0 Å². The second-order valence-electron chi connectivity index (χ2n) is 4.71. The quantitative estimate of drug-likeness (QED) is 0.540. The molecule has 0 aliphatic rings. The Morgan fingerprint density at radius 1 is 1.53 bits per heavy atom. The van der Waals surface area contributed by atoms with E-state index in [2.05, 4.69) is 17.1 Å². The number of hydrogen-bond donors (Lipinski definition) is 2. The maximum atomic E-state index is 11.5. The number of nitrogens with one attached hydrogen (secondary N) is 1. The number of ether oxygens (including phenoxy) is 1. The average Bonchev–Trinajstić information content (AvgIpc) is 2.26. The Labute approximate surface area is 105 Å². The van der Waals surface area contributed by atoms with Crippen molar-refractivity contribution in [1.29, 1.82) is 0 Å². The van der Waals surface area contributed by atoms with Crippen molar-refractivity contribution in [3.8, 4) is 0 Å². The van der Waals surface area contributed by atoms with Gasteiger partial charge >= 0.3 is 0 Å². The van der Waals surface area contributed by atoms with Crippen molar-refractivity contribution in [1.82, 2.24) is 10.2 Å². The highest BCUT2D eigenvalue weighted by molar-refractivity contribution is 5.84. The van der Waals surface area contributed by atoms with Crippen LogP contribution >= 0.6 is 0 Å². The van der Waals surface area contributed by atoms with Gasteiger partial charge in [-0.25, -0.2) is 0 Å². The van der Waals surface area contributed by atoms with Crippen LogP contribution in [0.3, 0.4) is 0 Å². The molecule has 17 heavy (non-hydrogen) atoms. The molecule has 0 aliphatic heterocycles. The molecule has 0 heterocycles. The Kier molecular flexibility index (Phi) is 8.12. The largest absolute Gasteiger partial charge is 0.385 e. The first-order chi connectivity index (χ1) is 7.96. The van der Waals surface area contributed by atoms with Crippen LogP contribution in [0.15, 0.2) is 0 Å². The van der Waals surface area contributed by atoms with E-state index in [1.165, 1.54) is 0 Å². The monoisotopic (exact) mass is 245 g/mol. The third-order valence-electron chi connectivity index (χ3n) is 2.78. The summed E-state index contributed by atoms with van der Waals surface area (Å²) in [5.74, 6) is -0.301. The number of amides is 1. The normalized spacial score (nSPS) is 14.9. The van der Waals surface area contributed by atoms with Gasteiger partial charge < -0.3 is 20.7 Å². The molecule has 0 aliphatic carbocycles. The molecule has 5 nitrogen and oxygen atoms in total. The third-order valence-corrected chi connectivity index (χ3v) is 2.78. The van der Waals surface area contributed by atoms with Crippen LogP contribution in [0.25, 0.3) is 0 Å². The summed E-state index contributed by atoms with van der Waals surface area (Å²) in [6.07, 6.45) is 1.94. The first kappa shape index (κ1) is 16.4. The lowest BCUT2D eigenvalue weighted by molar-refractivity contribution is -0.124. The third kappa shape index (κ3) is 6.61. The highest BCUT2D eigenvalue weighted by Crippen LogP contribution is 2.06. The van der Waals surface area contributed by atoms with Crippen molar-refractivity contribution in [2.75, 3.05) is 40.4 Å². The standard InChI is InChI=1S/C12H27N3O2/c1-5-7-14-12(2,11(13)16)10-15(3)8-6-9-17-4/h14H,5-10H2,1-4H3,(H2,13,16). The Morgan fingerprint density at radius 2 is 2.18 bits per heavy atom. The van der Waals surface area contributed by atoms with Crippen molar-refractivity contribution in [2.45, 2.75) is 32.2 Å². The Morgan fingerprint density at radius 3 is 2.65 bits per heavy atom. The lowest BCUT2D eigenvalue weighted by Gasteiger charge is -2.32.